The molecular weight excluding hydrogens is 184 g/mol. The lowest BCUT2D eigenvalue weighted by Gasteiger charge is -2.01. The molecule has 0 heterocycles. The molecule has 0 aliphatic carbocycles. The van der Waals surface area contributed by atoms with Gasteiger partial charge in [0.2, 0.25) is 0 Å². The third kappa shape index (κ3) is 2.97. The fraction of sp³-hybridized carbons (Fsp3) is 0.300. The molecule has 0 amide bonds. The number of methoxy groups -OCH3 is 1. The summed E-state index contributed by atoms with van der Waals surface area (Å²) in [5.74, 6) is -1.02. The standard InChI is InChI=1S/C8H8O4.C2H6/c1-12-8(11)6-3-2-5(9)4-7(6)10;1-2/h2-4,9-10H,1H3;1-2H3. The van der Waals surface area contributed by atoms with Crippen LogP contribution in [0.4, 0.5) is 0 Å². The lowest BCUT2D eigenvalue weighted by molar-refractivity contribution is 0.0597. The maximum Gasteiger partial charge on any atom is 0.341 e. The Morgan fingerprint density at radius 1 is 1.29 bits per heavy atom. The van der Waals surface area contributed by atoms with Crippen LogP contribution in [0.15, 0.2) is 18.2 Å². The summed E-state index contributed by atoms with van der Waals surface area (Å²) in [6.45, 7) is 4.00. The molecule has 0 aromatic heterocycles. The van der Waals surface area contributed by atoms with Crippen molar-refractivity contribution in [2.75, 3.05) is 7.11 Å². The Morgan fingerprint density at radius 3 is 2.29 bits per heavy atom. The zero-order valence-electron chi connectivity index (χ0n) is 8.44. The number of ether oxygens (including phenoxy) is 1. The normalized spacial score (nSPS) is 8.50. The summed E-state index contributed by atoms with van der Waals surface area (Å²) in [6.07, 6.45) is 0. The van der Waals surface area contributed by atoms with Crippen molar-refractivity contribution in [1.29, 1.82) is 0 Å². The highest BCUT2D eigenvalue weighted by Gasteiger charge is 2.10. The molecule has 2 N–H and O–H groups in total. The van der Waals surface area contributed by atoms with Gasteiger partial charge in [-0.3, -0.25) is 0 Å². The number of phenolic OH excluding ortho intramolecular Hbond substituents is 2. The summed E-state index contributed by atoms with van der Waals surface area (Å²) in [5, 5.41) is 18.0. The molecular formula is C10H14O4. The van der Waals surface area contributed by atoms with E-state index >= 15 is 0 Å². The van der Waals surface area contributed by atoms with Crippen LogP contribution in [0, 0.1) is 0 Å². The second-order valence-electron chi connectivity index (χ2n) is 2.19. The summed E-state index contributed by atoms with van der Waals surface area (Å²) in [5.41, 5.74) is 0.0373. The van der Waals surface area contributed by atoms with Crippen molar-refractivity contribution in [2.45, 2.75) is 13.8 Å². The van der Waals surface area contributed by atoms with Gasteiger partial charge in [0.1, 0.15) is 17.1 Å². The first-order valence-corrected chi connectivity index (χ1v) is 4.25. The average Bonchev–Trinajstić information content (AvgIpc) is 2.20. The van der Waals surface area contributed by atoms with Crippen LogP contribution < -0.4 is 0 Å². The number of benzene rings is 1. The Balaban J connectivity index is 0.000000791. The number of hydrogen-bond donors (Lipinski definition) is 2. The molecule has 0 aliphatic rings. The van der Waals surface area contributed by atoms with E-state index in [0.717, 1.165) is 6.07 Å². The van der Waals surface area contributed by atoms with Crippen LogP contribution in [-0.4, -0.2) is 23.3 Å². The highest BCUT2D eigenvalue weighted by atomic mass is 16.5. The van der Waals surface area contributed by atoms with E-state index in [9.17, 15) is 4.79 Å². The molecule has 0 saturated carbocycles. The highest BCUT2D eigenvalue weighted by molar-refractivity contribution is 5.92. The Labute approximate surface area is 82.8 Å². The first-order valence-electron chi connectivity index (χ1n) is 4.25. The van der Waals surface area contributed by atoms with E-state index in [0.29, 0.717) is 0 Å². The molecule has 0 unspecified atom stereocenters. The van der Waals surface area contributed by atoms with Gasteiger partial charge >= 0.3 is 5.97 Å². The van der Waals surface area contributed by atoms with E-state index in [1.54, 1.807) is 0 Å². The minimum Gasteiger partial charge on any atom is -0.508 e. The Morgan fingerprint density at radius 2 is 1.86 bits per heavy atom. The molecule has 1 aromatic carbocycles. The summed E-state index contributed by atoms with van der Waals surface area (Å²) in [6, 6.07) is 3.66. The number of carbonyl (C=O) groups is 1. The van der Waals surface area contributed by atoms with Gasteiger partial charge in [0.15, 0.2) is 0 Å². The van der Waals surface area contributed by atoms with E-state index in [-0.39, 0.29) is 17.1 Å². The van der Waals surface area contributed by atoms with Crippen LogP contribution in [-0.2, 0) is 4.74 Å². The van der Waals surface area contributed by atoms with Gasteiger partial charge in [-0.05, 0) is 12.1 Å². The second kappa shape index (κ2) is 5.85. The van der Waals surface area contributed by atoms with Crippen molar-refractivity contribution < 1.29 is 19.7 Å². The van der Waals surface area contributed by atoms with E-state index in [1.165, 1.54) is 19.2 Å². The van der Waals surface area contributed by atoms with Gasteiger partial charge in [0, 0.05) is 6.07 Å². The van der Waals surface area contributed by atoms with Gasteiger partial charge in [-0.15, -0.1) is 0 Å². The zero-order valence-corrected chi connectivity index (χ0v) is 8.44. The summed E-state index contributed by atoms with van der Waals surface area (Å²) in [7, 11) is 1.22. The quantitative estimate of drug-likeness (QED) is 0.676. The summed E-state index contributed by atoms with van der Waals surface area (Å²) >= 11 is 0. The molecule has 1 aromatic rings. The third-order valence-electron chi connectivity index (χ3n) is 1.39. The molecule has 0 radical (unpaired) electrons. The molecule has 1 rings (SSSR count). The Hall–Kier alpha value is -1.71. The molecule has 0 atom stereocenters. The van der Waals surface area contributed by atoms with Crippen molar-refractivity contribution in [2.24, 2.45) is 0 Å². The van der Waals surface area contributed by atoms with Crippen LogP contribution in [0.1, 0.15) is 24.2 Å². The van der Waals surface area contributed by atoms with Gasteiger partial charge in [0.25, 0.3) is 0 Å². The number of carbonyl (C=O) groups excluding carboxylic acids is 1. The molecule has 0 fully saturated rings. The predicted octanol–water partition coefficient (Wildman–Crippen LogP) is 1.91. The van der Waals surface area contributed by atoms with Gasteiger partial charge < -0.3 is 14.9 Å². The maximum absolute atomic E-state index is 10.9. The van der Waals surface area contributed by atoms with Crippen molar-refractivity contribution in [1.82, 2.24) is 0 Å². The van der Waals surface area contributed by atoms with Crippen molar-refractivity contribution >= 4 is 5.97 Å². The Bertz CT molecular complexity index is 307. The maximum atomic E-state index is 10.9. The summed E-state index contributed by atoms with van der Waals surface area (Å²) < 4.78 is 4.38. The predicted molar refractivity (Wildman–Crippen MR) is 52.5 cm³/mol. The fourth-order valence-electron chi connectivity index (χ4n) is 0.803. The van der Waals surface area contributed by atoms with Gasteiger partial charge in [-0.1, -0.05) is 13.8 Å². The number of hydrogen-bond acceptors (Lipinski definition) is 4. The molecule has 78 valence electrons. The molecule has 4 nitrogen and oxygen atoms in total. The number of phenols is 2. The molecule has 0 aliphatic heterocycles. The highest BCUT2D eigenvalue weighted by Crippen LogP contribution is 2.22. The molecule has 14 heavy (non-hydrogen) atoms. The van der Waals surface area contributed by atoms with Crippen LogP contribution >= 0.6 is 0 Å². The van der Waals surface area contributed by atoms with E-state index < -0.39 is 5.97 Å². The van der Waals surface area contributed by atoms with Crippen LogP contribution in [0.2, 0.25) is 0 Å². The van der Waals surface area contributed by atoms with Gasteiger partial charge in [-0.25, -0.2) is 4.79 Å². The lowest BCUT2D eigenvalue weighted by Crippen LogP contribution is -2.00. The van der Waals surface area contributed by atoms with Gasteiger partial charge in [-0.2, -0.15) is 0 Å². The minimum atomic E-state index is -0.632. The Kier molecular flexibility index (Phi) is 5.14. The SMILES string of the molecule is CC.COC(=O)c1ccc(O)cc1O. The van der Waals surface area contributed by atoms with Crippen molar-refractivity contribution in [3.8, 4) is 11.5 Å². The largest absolute Gasteiger partial charge is 0.508 e. The first kappa shape index (κ1) is 12.3. The van der Waals surface area contributed by atoms with Gasteiger partial charge in [0.05, 0.1) is 7.11 Å². The van der Waals surface area contributed by atoms with E-state index in [1.807, 2.05) is 13.8 Å². The van der Waals surface area contributed by atoms with Crippen LogP contribution in [0.5, 0.6) is 11.5 Å². The lowest BCUT2D eigenvalue weighted by atomic mass is 10.2. The molecule has 4 heteroatoms. The third-order valence-corrected chi connectivity index (χ3v) is 1.39. The monoisotopic (exact) mass is 198 g/mol. The first-order chi connectivity index (χ1) is 6.65. The van der Waals surface area contributed by atoms with Crippen molar-refractivity contribution in [3.05, 3.63) is 23.8 Å². The van der Waals surface area contributed by atoms with E-state index in [2.05, 4.69) is 4.74 Å². The zero-order chi connectivity index (χ0) is 11.1. The van der Waals surface area contributed by atoms with Crippen molar-refractivity contribution in [3.63, 3.8) is 0 Å². The van der Waals surface area contributed by atoms with Crippen LogP contribution in [0.3, 0.4) is 0 Å². The smallest absolute Gasteiger partial charge is 0.341 e. The molecule has 0 spiro atoms. The van der Waals surface area contributed by atoms with Crippen LogP contribution in [0.25, 0.3) is 0 Å². The summed E-state index contributed by atoms with van der Waals surface area (Å²) in [4.78, 5) is 10.9. The molecule has 0 bridgehead atoms. The average molecular weight is 198 g/mol. The van der Waals surface area contributed by atoms with E-state index in [4.69, 9.17) is 10.2 Å². The number of aromatic hydroxyl groups is 2. The number of esters is 1. The topological polar surface area (TPSA) is 66.8 Å². The fourth-order valence-corrected chi connectivity index (χ4v) is 0.803. The molecule has 0 saturated heterocycles. The second-order valence-corrected chi connectivity index (χ2v) is 2.19. The number of rotatable bonds is 1. The minimum absolute atomic E-state index is 0.0373.